The lowest BCUT2D eigenvalue weighted by atomic mass is 10.0. The number of aliphatic hydroxyl groups is 2. The van der Waals surface area contributed by atoms with E-state index in [1.54, 1.807) is 74.1 Å². The van der Waals surface area contributed by atoms with Crippen LogP contribution in [0.1, 0.15) is 34.1 Å². The highest BCUT2D eigenvalue weighted by Gasteiger charge is 2.31. The molecule has 0 bridgehead atoms. The largest absolute Gasteiger partial charge is 0.501 e. The number of ether oxygens (including phenoxy) is 2. The molecular weight excluding hydrogens is 479 g/mol. The van der Waals surface area contributed by atoms with E-state index >= 15 is 4.39 Å². The number of allylic oxidation sites excluding steroid dienone is 1. The van der Waals surface area contributed by atoms with E-state index in [1.165, 1.54) is 14.2 Å². The fraction of sp³-hybridized carbons (Fsp3) is 0.462. The van der Waals surface area contributed by atoms with E-state index in [0.29, 0.717) is 35.0 Å². The Balaban J connectivity index is 1.77. The van der Waals surface area contributed by atoms with Gasteiger partial charge in [-0.05, 0) is 39.8 Å². The number of anilines is 1. The first-order valence-corrected chi connectivity index (χ1v) is 11.9. The minimum absolute atomic E-state index is 0.0506. The van der Waals surface area contributed by atoms with Gasteiger partial charge in [0.05, 0.1) is 55.2 Å². The average molecular weight is 513 g/mol. The average Bonchev–Trinajstić information content (AvgIpc) is 3.28. The van der Waals surface area contributed by atoms with Gasteiger partial charge >= 0.3 is 0 Å². The van der Waals surface area contributed by atoms with Crippen molar-refractivity contribution in [3.8, 4) is 11.3 Å². The summed E-state index contributed by atoms with van der Waals surface area (Å²) in [6, 6.07) is 3.46. The first kappa shape index (κ1) is 26.6. The smallest absolute Gasteiger partial charge is 0.180 e. The maximum Gasteiger partial charge on any atom is 0.180 e. The number of nitrogens with zero attached hydrogens (tertiary/aromatic N) is 6. The molecule has 198 valence electrons. The van der Waals surface area contributed by atoms with Gasteiger partial charge in [-0.15, -0.1) is 0 Å². The zero-order chi connectivity index (χ0) is 27.0. The van der Waals surface area contributed by atoms with E-state index in [0.717, 1.165) is 5.56 Å². The SMILES string of the molecule is COC1=CC(N(CC(C)(C)O)c2ccc3ncc(-c4cnn(CC(C)(C)O)c4)nc3n2)=C(F)C(OC)C1. The highest BCUT2D eigenvalue weighted by molar-refractivity contribution is 5.75. The first-order valence-electron chi connectivity index (χ1n) is 11.9. The summed E-state index contributed by atoms with van der Waals surface area (Å²) in [6.07, 6.45) is 6.11. The highest BCUT2D eigenvalue weighted by atomic mass is 19.1. The zero-order valence-corrected chi connectivity index (χ0v) is 21.9. The topological polar surface area (TPSA) is 119 Å². The standard InChI is InChI=1S/C26H33FN6O4/c1-25(2,34)14-32-13-16(11-29-32)19-12-28-18-7-8-22(31-24(18)30-19)33(15-26(3,4)35)20-9-17(36-5)10-21(37-6)23(20)27/h7-9,11-13,21,34-35H,10,14-15H2,1-6H3. The summed E-state index contributed by atoms with van der Waals surface area (Å²) in [5.41, 5.74) is 0.283. The molecule has 0 aliphatic heterocycles. The van der Waals surface area contributed by atoms with Gasteiger partial charge < -0.3 is 24.6 Å². The number of fused-ring (bicyclic) bond motifs is 1. The van der Waals surface area contributed by atoms with Crippen LogP contribution in [0, 0.1) is 0 Å². The summed E-state index contributed by atoms with van der Waals surface area (Å²) in [7, 11) is 2.96. The maximum atomic E-state index is 15.5. The van der Waals surface area contributed by atoms with E-state index in [-0.39, 0.29) is 18.7 Å². The lowest BCUT2D eigenvalue weighted by molar-refractivity contribution is 0.0577. The van der Waals surface area contributed by atoms with Crippen molar-refractivity contribution in [3.63, 3.8) is 0 Å². The molecule has 11 heteroatoms. The van der Waals surface area contributed by atoms with Crippen LogP contribution < -0.4 is 4.90 Å². The molecule has 37 heavy (non-hydrogen) atoms. The molecule has 1 aliphatic rings. The van der Waals surface area contributed by atoms with Crippen LogP contribution in [0.4, 0.5) is 10.2 Å². The summed E-state index contributed by atoms with van der Waals surface area (Å²) in [6.45, 7) is 7.07. The van der Waals surface area contributed by atoms with Gasteiger partial charge in [-0.3, -0.25) is 9.67 Å². The molecule has 1 aliphatic carbocycles. The lowest BCUT2D eigenvalue weighted by Crippen LogP contribution is -2.40. The van der Waals surface area contributed by atoms with Gasteiger partial charge in [0.15, 0.2) is 11.5 Å². The van der Waals surface area contributed by atoms with Crippen molar-refractivity contribution in [1.82, 2.24) is 24.7 Å². The number of pyridine rings is 1. The molecule has 10 nitrogen and oxygen atoms in total. The van der Waals surface area contributed by atoms with E-state index in [4.69, 9.17) is 9.47 Å². The molecule has 1 atom stereocenters. The number of aromatic nitrogens is 5. The molecule has 0 saturated heterocycles. The van der Waals surface area contributed by atoms with Crippen LogP contribution in [0.15, 0.2) is 54.1 Å². The predicted molar refractivity (Wildman–Crippen MR) is 137 cm³/mol. The van der Waals surface area contributed by atoms with E-state index in [1.807, 2.05) is 0 Å². The Morgan fingerprint density at radius 1 is 1.11 bits per heavy atom. The summed E-state index contributed by atoms with van der Waals surface area (Å²) < 4.78 is 27.9. The Hall–Kier alpha value is -3.41. The van der Waals surface area contributed by atoms with Gasteiger partial charge in [0.2, 0.25) is 0 Å². The molecule has 0 radical (unpaired) electrons. The van der Waals surface area contributed by atoms with Crippen molar-refractivity contribution >= 4 is 17.0 Å². The second-order valence-corrected chi connectivity index (χ2v) is 10.4. The Bertz CT molecular complexity index is 1340. The van der Waals surface area contributed by atoms with E-state index in [2.05, 4.69) is 20.1 Å². The monoisotopic (exact) mass is 512 g/mol. The van der Waals surface area contributed by atoms with Crippen molar-refractivity contribution in [2.45, 2.75) is 58.0 Å². The van der Waals surface area contributed by atoms with Crippen molar-refractivity contribution in [2.24, 2.45) is 0 Å². The van der Waals surface area contributed by atoms with Gasteiger partial charge in [-0.1, -0.05) is 0 Å². The number of hydrogen-bond acceptors (Lipinski definition) is 9. The summed E-state index contributed by atoms with van der Waals surface area (Å²) in [5, 5.41) is 25.0. The van der Waals surface area contributed by atoms with Crippen LogP contribution in [0.3, 0.4) is 0 Å². The Kier molecular flexibility index (Phi) is 7.31. The third-order valence-electron chi connectivity index (χ3n) is 5.74. The Labute approximate surface area is 215 Å². The number of halogens is 1. The second kappa shape index (κ2) is 10.2. The first-order chi connectivity index (χ1) is 17.4. The van der Waals surface area contributed by atoms with Crippen molar-refractivity contribution < 1.29 is 24.1 Å². The van der Waals surface area contributed by atoms with Crippen LogP contribution in [0.25, 0.3) is 22.4 Å². The van der Waals surface area contributed by atoms with Crippen LogP contribution in [-0.4, -0.2) is 73.0 Å². The molecule has 0 fully saturated rings. The molecule has 0 amide bonds. The molecular formula is C26H33FN6O4. The molecule has 0 aromatic carbocycles. The third kappa shape index (κ3) is 6.30. The number of methoxy groups -OCH3 is 2. The Morgan fingerprint density at radius 3 is 2.51 bits per heavy atom. The molecule has 0 spiro atoms. The van der Waals surface area contributed by atoms with Gasteiger partial charge in [-0.2, -0.15) is 5.10 Å². The van der Waals surface area contributed by atoms with Crippen molar-refractivity contribution in [1.29, 1.82) is 0 Å². The number of hydrogen-bond donors (Lipinski definition) is 2. The summed E-state index contributed by atoms with van der Waals surface area (Å²) in [5.74, 6) is 0.454. The normalized spacial score (nSPS) is 16.8. The van der Waals surface area contributed by atoms with Crippen molar-refractivity contribution in [3.05, 3.63) is 54.1 Å². The van der Waals surface area contributed by atoms with Crippen LogP contribution in [0.5, 0.6) is 0 Å². The summed E-state index contributed by atoms with van der Waals surface area (Å²) >= 11 is 0. The van der Waals surface area contributed by atoms with E-state index in [9.17, 15) is 10.2 Å². The number of rotatable bonds is 9. The van der Waals surface area contributed by atoms with Gasteiger partial charge in [0.1, 0.15) is 23.2 Å². The molecule has 1 unspecified atom stereocenters. The minimum atomic E-state index is -1.17. The molecule has 3 aromatic heterocycles. The molecule has 4 rings (SSSR count). The second-order valence-electron chi connectivity index (χ2n) is 10.4. The van der Waals surface area contributed by atoms with Crippen molar-refractivity contribution in [2.75, 3.05) is 25.7 Å². The predicted octanol–water partition coefficient (Wildman–Crippen LogP) is 3.37. The van der Waals surface area contributed by atoms with Gasteiger partial charge in [-0.25, -0.2) is 14.4 Å². The fourth-order valence-corrected chi connectivity index (χ4v) is 4.09. The Morgan fingerprint density at radius 2 is 1.86 bits per heavy atom. The van der Waals surface area contributed by atoms with E-state index < -0.39 is 23.1 Å². The van der Waals surface area contributed by atoms with Crippen LogP contribution in [-0.2, 0) is 16.0 Å². The molecule has 3 heterocycles. The molecule has 0 saturated carbocycles. The van der Waals surface area contributed by atoms with Gasteiger partial charge in [0, 0.05) is 31.4 Å². The summed E-state index contributed by atoms with van der Waals surface area (Å²) in [4.78, 5) is 15.4. The van der Waals surface area contributed by atoms with Gasteiger partial charge in [0.25, 0.3) is 0 Å². The third-order valence-corrected chi connectivity index (χ3v) is 5.74. The fourth-order valence-electron chi connectivity index (χ4n) is 4.09. The quantitative estimate of drug-likeness (QED) is 0.445. The molecule has 2 N–H and O–H groups in total. The van der Waals surface area contributed by atoms with Crippen LogP contribution in [0.2, 0.25) is 0 Å². The molecule has 3 aromatic rings. The minimum Gasteiger partial charge on any atom is -0.501 e. The van der Waals surface area contributed by atoms with Crippen LogP contribution >= 0.6 is 0 Å². The maximum absolute atomic E-state index is 15.5. The highest BCUT2D eigenvalue weighted by Crippen LogP contribution is 2.33. The lowest BCUT2D eigenvalue weighted by Gasteiger charge is -2.34. The zero-order valence-electron chi connectivity index (χ0n) is 21.9.